The molecule has 0 unspecified atom stereocenters. The first kappa shape index (κ1) is 15.8. The Bertz CT molecular complexity index is 677. The Hall–Kier alpha value is -1.60. The van der Waals surface area contributed by atoms with E-state index >= 15 is 0 Å². The number of non-ortho nitro benzene ring substituents is 1. The number of hydrogen-bond donors (Lipinski definition) is 1. The molecule has 2 rings (SSSR count). The average Bonchev–Trinajstić information content (AvgIpc) is 2.47. The van der Waals surface area contributed by atoms with Gasteiger partial charge in [0.25, 0.3) is 5.69 Å². The Kier molecular flexibility index (Phi) is 5.19. The van der Waals surface area contributed by atoms with Crippen molar-refractivity contribution in [2.45, 2.75) is 6.54 Å². The minimum Gasteiger partial charge on any atom is -0.497 e. The number of nitrogens with zero attached hydrogens (tertiary/aromatic N) is 1. The molecular weight excluding hydrogens is 404 g/mol. The molecule has 0 amide bonds. The largest absolute Gasteiger partial charge is 0.497 e. The second-order valence-corrected chi connectivity index (χ2v) is 5.94. The highest BCUT2D eigenvalue weighted by Gasteiger charge is 2.09. The molecule has 0 aromatic heterocycles. The number of hydrogen-bond acceptors (Lipinski definition) is 4. The van der Waals surface area contributed by atoms with Gasteiger partial charge >= 0.3 is 0 Å². The van der Waals surface area contributed by atoms with Crippen LogP contribution in [0.4, 0.5) is 11.4 Å². The van der Waals surface area contributed by atoms with E-state index in [9.17, 15) is 10.1 Å². The van der Waals surface area contributed by atoms with Crippen LogP contribution < -0.4 is 10.1 Å². The average molecular weight is 416 g/mol. The highest BCUT2D eigenvalue weighted by Crippen LogP contribution is 2.29. The predicted octanol–water partition coefficient (Wildman–Crippen LogP) is 4.74. The first-order valence-corrected chi connectivity index (χ1v) is 7.60. The summed E-state index contributed by atoms with van der Waals surface area (Å²) < 4.78 is 6.81. The molecule has 0 heterocycles. The number of anilines is 1. The quantitative estimate of drug-likeness (QED) is 0.565. The fourth-order valence-electron chi connectivity index (χ4n) is 1.76. The zero-order valence-corrected chi connectivity index (χ0v) is 14.3. The van der Waals surface area contributed by atoms with Gasteiger partial charge in [-0.05, 0) is 45.8 Å². The second-order valence-electron chi connectivity index (χ2n) is 4.23. The molecular formula is C14H12Br2N2O3. The van der Waals surface area contributed by atoms with Gasteiger partial charge in [0.2, 0.25) is 0 Å². The van der Waals surface area contributed by atoms with Crippen molar-refractivity contribution in [2.24, 2.45) is 0 Å². The zero-order valence-electron chi connectivity index (χ0n) is 11.1. The van der Waals surface area contributed by atoms with E-state index in [-0.39, 0.29) is 5.69 Å². The summed E-state index contributed by atoms with van der Waals surface area (Å²) in [4.78, 5) is 10.3. The van der Waals surface area contributed by atoms with Crippen molar-refractivity contribution < 1.29 is 9.66 Å². The molecule has 21 heavy (non-hydrogen) atoms. The van der Waals surface area contributed by atoms with E-state index in [1.807, 2.05) is 18.2 Å². The standard InChI is InChI=1S/C14H12Br2N2O3/c1-21-11-3-4-12(15)9(6-11)8-17-14-5-2-10(18(19)20)7-13(14)16/h2-7,17H,8H2,1H3. The van der Waals surface area contributed by atoms with Gasteiger partial charge in [-0.15, -0.1) is 0 Å². The maximum Gasteiger partial charge on any atom is 0.270 e. The normalized spacial score (nSPS) is 10.2. The Morgan fingerprint density at radius 2 is 1.95 bits per heavy atom. The lowest BCUT2D eigenvalue weighted by molar-refractivity contribution is -0.384. The van der Waals surface area contributed by atoms with Crippen LogP contribution in [-0.4, -0.2) is 12.0 Å². The van der Waals surface area contributed by atoms with Crippen molar-refractivity contribution in [1.82, 2.24) is 0 Å². The van der Waals surface area contributed by atoms with Crippen LogP contribution in [0.5, 0.6) is 5.75 Å². The highest BCUT2D eigenvalue weighted by molar-refractivity contribution is 9.11. The van der Waals surface area contributed by atoms with Gasteiger partial charge in [0, 0.05) is 33.3 Å². The number of rotatable bonds is 5. The van der Waals surface area contributed by atoms with Crippen molar-refractivity contribution >= 4 is 43.2 Å². The molecule has 2 aromatic carbocycles. The van der Waals surface area contributed by atoms with Gasteiger partial charge < -0.3 is 10.1 Å². The molecule has 0 radical (unpaired) electrons. The van der Waals surface area contributed by atoms with Crippen LogP contribution in [0.1, 0.15) is 5.56 Å². The third-order valence-electron chi connectivity index (χ3n) is 2.89. The van der Waals surface area contributed by atoms with E-state index in [2.05, 4.69) is 37.2 Å². The van der Waals surface area contributed by atoms with Crippen LogP contribution in [0.15, 0.2) is 45.3 Å². The Morgan fingerprint density at radius 3 is 2.57 bits per heavy atom. The molecule has 0 saturated heterocycles. The summed E-state index contributed by atoms with van der Waals surface area (Å²) in [6.07, 6.45) is 0. The van der Waals surface area contributed by atoms with Crippen LogP contribution in [0.3, 0.4) is 0 Å². The van der Waals surface area contributed by atoms with Crippen molar-refractivity contribution in [1.29, 1.82) is 0 Å². The Labute approximate surface area is 138 Å². The molecule has 0 aliphatic carbocycles. The number of methoxy groups -OCH3 is 1. The third kappa shape index (κ3) is 3.95. The maximum atomic E-state index is 10.7. The SMILES string of the molecule is COc1ccc(Br)c(CNc2ccc([N+](=O)[O-])cc2Br)c1. The summed E-state index contributed by atoms with van der Waals surface area (Å²) in [6.45, 7) is 0.564. The molecule has 0 spiro atoms. The number of halogens is 2. The molecule has 0 aliphatic heterocycles. The Balaban J connectivity index is 2.15. The number of ether oxygens (including phenoxy) is 1. The van der Waals surface area contributed by atoms with E-state index in [4.69, 9.17) is 4.74 Å². The van der Waals surface area contributed by atoms with Crippen molar-refractivity contribution in [2.75, 3.05) is 12.4 Å². The Morgan fingerprint density at radius 1 is 1.19 bits per heavy atom. The molecule has 110 valence electrons. The van der Waals surface area contributed by atoms with Gasteiger partial charge in [-0.25, -0.2) is 0 Å². The maximum absolute atomic E-state index is 10.7. The summed E-state index contributed by atoms with van der Waals surface area (Å²) >= 11 is 6.82. The van der Waals surface area contributed by atoms with Crippen LogP contribution in [0.25, 0.3) is 0 Å². The monoisotopic (exact) mass is 414 g/mol. The minimum absolute atomic E-state index is 0.0509. The smallest absolute Gasteiger partial charge is 0.270 e. The predicted molar refractivity (Wildman–Crippen MR) is 88.8 cm³/mol. The van der Waals surface area contributed by atoms with Crippen LogP contribution in [0, 0.1) is 10.1 Å². The fraction of sp³-hybridized carbons (Fsp3) is 0.143. The molecule has 5 nitrogen and oxygen atoms in total. The molecule has 0 fully saturated rings. The van der Waals surface area contributed by atoms with Gasteiger partial charge in [0.05, 0.1) is 12.0 Å². The van der Waals surface area contributed by atoms with Gasteiger partial charge in [-0.3, -0.25) is 10.1 Å². The lowest BCUT2D eigenvalue weighted by atomic mass is 10.2. The summed E-state index contributed by atoms with van der Waals surface area (Å²) in [6, 6.07) is 10.3. The van der Waals surface area contributed by atoms with Crippen LogP contribution in [0.2, 0.25) is 0 Å². The molecule has 0 saturated carbocycles. The molecule has 0 aliphatic rings. The first-order valence-electron chi connectivity index (χ1n) is 6.01. The number of benzene rings is 2. The number of nitro groups is 1. The van der Waals surface area contributed by atoms with Crippen molar-refractivity contribution in [3.63, 3.8) is 0 Å². The molecule has 0 bridgehead atoms. The summed E-state index contributed by atoms with van der Waals surface area (Å²) in [5.74, 6) is 0.776. The minimum atomic E-state index is -0.423. The van der Waals surface area contributed by atoms with Gasteiger partial charge in [0.1, 0.15) is 5.75 Å². The van der Waals surface area contributed by atoms with Gasteiger partial charge in [0.15, 0.2) is 0 Å². The zero-order chi connectivity index (χ0) is 15.4. The third-order valence-corrected chi connectivity index (χ3v) is 4.32. The van der Waals surface area contributed by atoms with Crippen molar-refractivity contribution in [3.8, 4) is 5.75 Å². The number of nitrogens with one attached hydrogen (secondary N) is 1. The van der Waals surface area contributed by atoms with Crippen LogP contribution >= 0.6 is 31.9 Å². The van der Waals surface area contributed by atoms with Gasteiger partial charge in [-0.2, -0.15) is 0 Å². The lowest BCUT2D eigenvalue weighted by Gasteiger charge is -2.11. The highest BCUT2D eigenvalue weighted by atomic mass is 79.9. The van der Waals surface area contributed by atoms with E-state index in [1.165, 1.54) is 12.1 Å². The molecule has 0 atom stereocenters. The van der Waals surface area contributed by atoms with Crippen molar-refractivity contribution in [3.05, 3.63) is 61.0 Å². The molecule has 2 aromatic rings. The van der Waals surface area contributed by atoms with E-state index < -0.39 is 4.92 Å². The van der Waals surface area contributed by atoms with Gasteiger partial charge in [-0.1, -0.05) is 15.9 Å². The van der Waals surface area contributed by atoms with E-state index in [0.717, 1.165) is 21.5 Å². The summed E-state index contributed by atoms with van der Waals surface area (Å²) in [5.41, 5.74) is 1.87. The summed E-state index contributed by atoms with van der Waals surface area (Å²) in [7, 11) is 1.62. The lowest BCUT2D eigenvalue weighted by Crippen LogP contribution is -2.01. The second kappa shape index (κ2) is 6.91. The molecule has 1 N–H and O–H groups in total. The number of nitro benzene ring substituents is 1. The topological polar surface area (TPSA) is 64.4 Å². The van der Waals surface area contributed by atoms with Crippen LogP contribution in [-0.2, 0) is 6.54 Å². The fourth-order valence-corrected chi connectivity index (χ4v) is 2.66. The van der Waals surface area contributed by atoms with E-state index in [0.29, 0.717) is 11.0 Å². The molecule has 7 heteroatoms. The summed E-state index contributed by atoms with van der Waals surface area (Å²) in [5, 5.41) is 13.9. The first-order chi connectivity index (χ1) is 10.0. The van der Waals surface area contributed by atoms with E-state index in [1.54, 1.807) is 13.2 Å².